The van der Waals surface area contributed by atoms with E-state index in [1.54, 1.807) is 38.3 Å². The molecule has 218 valence electrons. The van der Waals surface area contributed by atoms with Crippen molar-refractivity contribution in [3.8, 4) is 17.2 Å². The van der Waals surface area contributed by atoms with Gasteiger partial charge in [-0.1, -0.05) is 23.2 Å². The monoisotopic (exact) mass is 602 g/mol. The van der Waals surface area contributed by atoms with Crippen LogP contribution in [-0.2, 0) is 11.3 Å². The van der Waals surface area contributed by atoms with Gasteiger partial charge in [-0.25, -0.2) is 4.98 Å². The number of nitrogens with two attached hydrogens (primary N) is 1. The molecule has 1 saturated heterocycles. The number of likely N-dealkylation sites (tertiary alicyclic amines) is 1. The first-order chi connectivity index (χ1) is 19.5. The van der Waals surface area contributed by atoms with Gasteiger partial charge in [-0.2, -0.15) is 4.39 Å². The van der Waals surface area contributed by atoms with Gasteiger partial charge in [0.1, 0.15) is 16.9 Å². The Morgan fingerprint density at radius 3 is 2.59 bits per heavy atom. The molecule has 0 saturated carbocycles. The maximum absolute atomic E-state index is 14.0. The van der Waals surface area contributed by atoms with Gasteiger partial charge in [-0.15, -0.1) is 0 Å². The lowest BCUT2D eigenvalue weighted by molar-refractivity contribution is -0.230. The maximum atomic E-state index is 14.0. The number of fused-ring (bicyclic) bond motifs is 1. The molecule has 41 heavy (non-hydrogen) atoms. The van der Waals surface area contributed by atoms with E-state index in [-0.39, 0.29) is 21.3 Å². The SMILES string of the molecule is COc1cc(C(=N)c2cc(O[C@H](C)c3c(Cl)cnc(F)c3Cl)ccc2N)cc2c1OC1(CCN(C(C)C)CC1)OC2. The minimum atomic E-state index is -0.831. The maximum Gasteiger partial charge on any atom is 0.232 e. The number of nitrogens with zero attached hydrogens (tertiary/aromatic N) is 2. The smallest absolute Gasteiger partial charge is 0.232 e. The summed E-state index contributed by atoms with van der Waals surface area (Å²) in [4.78, 5) is 5.94. The van der Waals surface area contributed by atoms with Crippen molar-refractivity contribution in [1.82, 2.24) is 9.88 Å². The number of nitrogen functional groups attached to an aromatic ring is 1. The molecule has 2 aliphatic heterocycles. The van der Waals surface area contributed by atoms with Gasteiger partial charge >= 0.3 is 0 Å². The predicted octanol–water partition coefficient (Wildman–Crippen LogP) is 6.78. The second-order valence-corrected chi connectivity index (χ2v) is 11.4. The summed E-state index contributed by atoms with van der Waals surface area (Å²) < 4.78 is 38.5. The van der Waals surface area contributed by atoms with Crippen LogP contribution in [0.2, 0.25) is 10.0 Å². The van der Waals surface area contributed by atoms with Gasteiger partial charge in [0, 0.05) is 66.1 Å². The van der Waals surface area contributed by atoms with Crippen molar-refractivity contribution in [2.75, 3.05) is 25.9 Å². The van der Waals surface area contributed by atoms with Crippen LogP contribution in [0.1, 0.15) is 62.0 Å². The van der Waals surface area contributed by atoms with E-state index in [4.69, 9.17) is 53.3 Å². The fraction of sp³-hybridized carbons (Fsp3) is 0.400. The third kappa shape index (κ3) is 5.81. The Balaban J connectivity index is 1.39. The van der Waals surface area contributed by atoms with Crippen LogP contribution in [0.3, 0.4) is 0 Å². The quantitative estimate of drug-likeness (QED) is 0.174. The molecule has 0 amide bonds. The lowest BCUT2D eigenvalue weighted by Crippen LogP contribution is -2.52. The number of pyridine rings is 1. The van der Waals surface area contributed by atoms with Gasteiger partial charge in [0.25, 0.3) is 0 Å². The summed E-state index contributed by atoms with van der Waals surface area (Å²) in [6.07, 6.45) is 2.01. The number of hydrogen-bond donors (Lipinski definition) is 2. The topological polar surface area (TPSA) is 103 Å². The molecule has 1 fully saturated rings. The highest BCUT2D eigenvalue weighted by Gasteiger charge is 2.42. The molecule has 3 aromatic rings. The Kier molecular flexibility index (Phi) is 8.34. The number of nitrogens with one attached hydrogen (secondary N) is 1. The Morgan fingerprint density at radius 1 is 1.17 bits per heavy atom. The van der Waals surface area contributed by atoms with Gasteiger partial charge in [0.15, 0.2) is 11.5 Å². The summed E-state index contributed by atoms with van der Waals surface area (Å²) in [5, 5.41) is 9.00. The van der Waals surface area contributed by atoms with Crippen molar-refractivity contribution in [2.45, 2.75) is 58.2 Å². The van der Waals surface area contributed by atoms with Gasteiger partial charge in [0.2, 0.25) is 11.7 Å². The number of piperidine rings is 1. The Bertz CT molecular complexity index is 1460. The Labute approximate surface area is 249 Å². The van der Waals surface area contributed by atoms with Crippen molar-refractivity contribution in [3.63, 3.8) is 0 Å². The predicted molar refractivity (Wildman–Crippen MR) is 157 cm³/mol. The number of halogens is 3. The second-order valence-electron chi connectivity index (χ2n) is 10.6. The zero-order valence-electron chi connectivity index (χ0n) is 23.4. The number of anilines is 1. The van der Waals surface area contributed by atoms with E-state index >= 15 is 0 Å². The molecule has 1 atom stereocenters. The summed E-state index contributed by atoms with van der Waals surface area (Å²) in [5.41, 5.74) is 8.95. The molecular weight excluding hydrogens is 570 g/mol. The van der Waals surface area contributed by atoms with E-state index in [0.717, 1.165) is 31.5 Å². The molecule has 11 heteroatoms. The van der Waals surface area contributed by atoms with Crippen LogP contribution in [-0.4, -0.2) is 47.6 Å². The van der Waals surface area contributed by atoms with Crippen LogP contribution in [0.25, 0.3) is 0 Å². The van der Waals surface area contributed by atoms with E-state index in [2.05, 4.69) is 23.7 Å². The highest BCUT2D eigenvalue weighted by molar-refractivity contribution is 6.35. The fourth-order valence-electron chi connectivity index (χ4n) is 5.30. The Hall–Kier alpha value is -3.11. The molecule has 8 nitrogen and oxygen atoms in total. The minimum Gasteiger partial charge on any atom is -0.493 e. The average Bonchev–Trinajstić information content (AvgIpc) is 2.95. The van der Waals surface area contributed by atoms with Crippen LogP contribution in [0.5, 0.6) is 17.2 Å². The van der Waals surface area contributed by atoms with Crippen molar-refractivity contribution in [3.05, 3.63) is 74.8 Å². The standard InChI is InChI=1S/C30H33Cl2FN4O4/c1-16(2)37-9-7-30(8-10-37)39-15-19-11-18(12-24(38-4)28(19)41-30)27(35)21-13-20(5-6-23(21)34)40-17(3)25-22(31)14-36-29(33)26(25)32/h5-6,11-14,16-17,35H,7-10,15,34H2,1-4H3/t17-/m1/s1. The number of aromatic nitrogens is 1. The molecule has 2 aromatic carbocycles. The van der Waals surface area contributed by atoms with Crippen LogP contribution in [0.4, 0.5) is 10.1 Å². The first-order valence-electron chi connectivity index (χ1n) is 13.4. The van der Waals surface area contributed by atoms with Crippen molar-refractivity contribution >= 4 is 34.6 Å². The molecule has 0 unspecified atom stereocenters. The summed E-state index contributed by atoms with van der Waals surface area (Å²) in [7, 11) is 1.58. The van der Waals surface area contributed by atoms with E-state index < -0.39 is 17.8 Å². The van der Waals surface area contributed by atoms with E-state index in [0.29, 0.717) is 46.7 Å². The van der Waals surface area contributed by atoms with Crippen LogP contribution >= 0.6 is 23.2 Å². The van der Waals surface area contributed by atoms with Crippen molar-refractivity contribution < 1.29 is 23.3 Å². The normalized spacial score (nSPS) is 17.2. The first-order valence-corrected chi connectivity index (χ1v) is 14.2. The van der Waals surface area contributed by atoms with E-state index in [1.165, 1.54) is 6.20 Å². The number of hydrogen-bond acceptors (Lipinski definition) is 8. The van der Waals surface area contributed by atoms with Gasteiger partial charge in [0.05, 0.1) is 24.5 Å². The van der Waals surface area contributed by atoms with E-state index in [1.807, 2.05) is 6.07 Å². The zero-order valence-corrected chi connectivity index (χ0v) is 24.9. The fourth-order valence-corrected chi connectivity index (χ4v) is 5.95. The third-order valence-electron chi connectivity index (χ3n) is 7.69. The highest BCUT2D eigenvalue weighted by Crippen LogP contribution is 2.44. The number of ether oxygens (including phenoxy) is 4. The molecular formula is C30H33Cl2FN4O4. The Morgan fingerprint density at radius 2 is 1.90 bits per heavy atom. The minimum absolute atomic E-state index is 0.165. The molecule has 1 spiro atoms. The number of methoxy groups -OCH3 is 1. The van der Waals surface area contributed by atoms with Gasteiger partial charge < -0.3 is 29.6 Å². The summed E-state index contributed by atoms with van der Waals surface area (Å²) in [6.45, 7) is 8.21. The average molecular weight is 604 g/mol. The zero-order chi connectivity index (χ0) is 29.5. The summed E-state index contributed by atoms with van der Waals surface area (Å²) in [5.74, 6) is 0.0618. The molecule has 5 rings (SSSR count). The number of benzene rings is 2. The molecule has 3 heterocycles. The molecule has 3 N–H and O–H groups in total. The van der Waals surface area contributed by atoms with Crippen molar-refractivity contribution in [1.29, 1.82) is 5.41 Å². The molecule has 0 aliphatic carbocycles. The second kappa shape index (κ2) is 11.6. The van der Waals surface area contributed by atoms with Crippen LogP contribution < -0.4 is 19.9 Å². The summed E-state index contributed by atoms with van der Waals surface area (Å²) in [6, 6.07) is 9.09. The van der Waals surface area contributed by atoms with Gasteiger partial charge in [-0.05, 0) is 51.1 Å². The van der Waals surface area contributed by atoms with Crippen molar-refractivity contribution in [2.24, 2.45) is 0 Å². The molecule has 2 aliphatic rings. The number of rotatable bonds is 7. The summed E-state index contributed by atoms with van der Waals surface area (Å²) >= 11 is 12.3. The van der Waals surface area contributed by atoms with Crippen LogP contribution in [0.15, 0.2) is 36.5 Å². The molecule has 1 aromatic heterocycles. The van der Waals surface area contributed by atoms with Gasteiger partial charge in [-0.3, -0.25) is 5.41 Å². The lowest BCUT2D eigenvalue weighted by atomic mass is 9.96. The van der Waals surface area contributed by atoms with E-state index in [9.17, 15) is 4.39 Å². The highest BCUT2D eigenvalue weighted by atomic mass is 35.5. The lowest BCUT2D eigenvalue weighted by Gasteiger charge is -2.45. The molecule has 0 radical (unpaired) electrons. The van der Waals surface area contributed by atoms with Crippen LogP contribution in [0, 0.1) is 11.4 Å². The first kappa shape index (κ1) is 29.4. The molecule has 0 bridgehead atoms. The largest absolute Gasteiger partial charge is 0.493 e. The third-order valence-corrected chi connectivity index (χ3v) is 8.35.